The van der Waals surface area contributed by atoms with E-state index in [0.717, 1.165) is 5.56 Å². The molecule has 0 atom stereocenters. The molecule has 0 aromatic heterocycles. The zero-order valence-electron chi connectivity index (χ0n) is 11.7. The van der Waals surface area contributed by atoms with Crippen LogP contribution < -0.4 is 4.74 Å². The van der Waals surface area contributed by atoms with Crippen molar-refractivity contribution < 1.29 is 19.7 Å². The van der Waals surface area contributed by atoms with Gasteiger partial charge in [-0.2, -0.15) is 0 Å². The van der Waals surface area contributed by atoms with E-state index in [9.17, 15) is 15.0 Å². The number of phenols is 2. The predicted octanol–water partition coefficient (Wildman–Crippen LogP) is 3.58. The van der Waals surface area contributed by atoms with E-state index >= 15 is 0 Å². The van der Waals surface area contributed by atoms with Crippen LogP contribution in [0.2, 0.25) is 0 Å². The van der Waals surface area contributed by atoms with Crippen molar-refractivity contribution in [2.45, 2.75) is 26.2 Å². The molecule has 0 spiro atoms. The maximum atomic E-state index is 11.9. The molecule has 0 amide bonds. The molecule has 0 fully saturated rings. The van der Waals surface area contributed by atoms with Crippen LogP contribution >= 0.6 is 0 Å². The van der Waals surface area contributed by atoms with Crippen LogP contribution in [0.15, 0.2) is 30.3 Å². The van der Waals surface area contributed by atoms with Gasteiger partial charge in [-0.25, -0.2) is 0 Å². The summed E-state index contributed by atoms with van der Waals surface area (Å²) in [5, 5.41) is 20.4. The quantitative estimate of drug-likeness (QED) is 0.827. The molecule has 0 aliphatic carbocycles. The van der Waals surface area contributed by atoms with Gasteiger partial charge in [-0.1, -0.05) is 25.1 Å². The van der Waals surface area contributed by atoms with Gasteiger partial charge in [0.15, 0.2) is 5.78 Å². The molecule has 0 saturated carbocycles. The lowest BCUT2D eigenvalue weighted by Gasteiger charge is -2.14. The Hall–Kier alpha value is -2.49. The summed E-state index contributed by atoms with van der Waals surface area (Å²) in [6, 6.07) is 9.04. The summed E-state index contributed by atoms with van der Waals surface area (Å²) >= 11 is 0. The van der Waals surface area contributed by atoms with Gasteiger partial charge in [0.2, 0.25) is 0 Å². The maximum Gasteiger partial charge on any atom is 0.170 e. The second-order valence-corrected chi connectivity index (χ2v) is 5.08. The van der Waals surface area contributed by atoms with Crippen LogP contribution in [0.5, 0.6) is 23.0 Å². The van der Waals surface area contributed by atoms with Crippen molar-refractivity contribution in [2.24, 2.45) is 0 Å². The summed E-state index contributed by atoms with van der Waals surface area (Å²) in [5.74, 6) is 0.434. The monoisotopic (exact) mass is 284 g/mol. The normalized spacial score (nSPS) is 12.8. The first-order chi connectivity index (χ1) is 10.1. The molecular weight excluding hydrogens is 268 g/mol. The van der Waals surface area contributed by atoms with Gasteiger partial charge in [-0.15, -0.1) is 0 Å². The van der Waals surface area contributed by atoms with Crippen LogP contribution in [0.3, 0.4) is 0 Å². The smallest absolute Gasteiger partial charge is 0.170 e. The van der Waals surface area contributed by atoms with Crippen LogP contribution in [0, 0.1) is 0 Å². The Labute approximate surface area is 122 Å². The zero-order valence-corrected chi connectivity index (χ0v) is 11.7. The number of ketones is 1. The lowest BCUT2D eigenvalue weighted by Crippen LogP contribution is -2.01. The number of carbonyl (C=O) groups excluding carboxylic acids is 1. The lowest BCUT2D eigenvalue weighted by molar-refractivity contribution is 0.0982. The molecule has 2 aromatic carbocycles. The molecular formula is C17H16O4. The predicted molar refractivity (Wildman–Crippen MR) is 78.3 cm³/mol. The highest BCUT2D eigenvalue weighted by molar-refractivity contribution is 6.01. The Bertz CT molecular complexity index is 719. The number of hydrogen-bond donors (Lipinski definition) is 2. The van der Waals surface area contributed by atoms with Crippen molar-refractivity contribution in [3.05, 3.63) is 47.0 Å². The SMILES string of the molecule is CCC(=O)c1c(O)cc2c(c1O)CCc1ccccc1O2. The molecule has 0 saturated heterocycles. The Morgan fingerprint density at radius 2 is 1.95 bits per heavy atom. The molecule has 2 aromatic rings. The van der Waals surface area contributed by atoms with Gasteiger partial charge in [0.05, 0.1) is 0 Å². The highest BCUT2D eigenvalue weighted by atomic mass is 16.5. The number of rotatable bonds is 2. The van der Waals surface area contributed by atoms with Gasteiger partial charge >= 0.3 is 0 Å². The number of carbonyl (C=O) groups is 1. The van der Waals surface area contributed by atoms with Gasteiger partial charge in [0.1, 0.15) is 28.6 Å². The first-order valence-corrected chi connectivity index (χ1v) is 6.98. The van der Waals surface area contributed by atoms with Crippen LogP contribution in [0.4, 0.5) is 0 Å². The van der Waals surface area contributed by atoms with Crippen LogP contribution in [0.1, 0.15) is 34.8 Å². The van der Waals surface area contributed by atoms with Crippen molar-refractivity contribution in [3.63, 3.8) is 0 Å². The highest BCUT2D eigenvalue weighted by Crippen LogP contribution is 2.43. The fraction of sp³-hybridized carbons (Fsp3) is 0.235. The Balaban J connectivity index is 2.14. The van der Waals surface area contributed by atoms with Gasteiger partial charge < -0.3 is 14.9 Å². The number of aromatic hydroxyl groups is 2. The van der Waals surface area contributed by atoms with Gasteiger partial charge in [0.25, 0.3) is 0 Å². The van der Waals surface area contributed by atoms with E-state index < -0.39 is 0 Å². The highest BCUT2D eigenvalue weighted by Gasteiger charge is 2.25. The van der Waals surface area contributed by atoms with Gasteiger partial charge in [0, 0.05) is 18.1 Å². The van der Waals surface area contributed by atoms with Gasteiger partial charge in [-0.3, -0.25) is 4.79 Å². The third kappa shape index (κ3) is 2.23. The third-order valence-electron chi connectivity index (χ3n) is 3.78. The molecule has 21 heavy (non-hydrogen) atoms. The second kappa shape index (κ2) is 5.13. The molecule has 0 radical (unpaired) electrons. The van der Waals surface area contributed by atoms with Crippen molar-refractivity contribution in [2.75, 3.05) is 0 Å². The molecule has 1 aliphatic rings. The van der Waals surface area contributed by atoms with Crippen molar-refractivity contribution in [1.29, 1.82) is 0 Å². The van der Waals surface area contributed by atoms with Crippen molar-refractivity contribution in [1.82, 2.24) is 0 Å². The molecule has 0 unspecified atom stereocenters. The van der Waals surface area contributed by atoms with Crippen LogP contribution in [-0.2, 0) is 12.8 Å². The van der Waals surface area contributed by atoms with E-state index in [2.05, 4.69) is 0 Å². The summed E-state index contributed by atoms with van der Waals surface area (Å²) in [6.45, 7) is 1.69. The molecule has 4 nitrogen and oxygen atoms in total. The minimum Gasteiger partial charge on any atom is -0.507 e. The Morgan fingerprint density at radius 1 is 1.19 bits per heavy atom. The lowest BCUT2D eigenvalue weighted by atomic mass is 9.98. The van der Waals surface area contributed by atoms with Gasteiger partial charge in [-0.05, 0) is 24.5 Å². The minimum absolute atomic E-state index is 0.00851. The topological polar surface area (TPSA) is 66.8 Å². The summed E-state index contributed by atoms with van der Waals surface area (Å²) in [6.07, 6.45) is 1.49. The van der Waals surface area contributed by atoms with E-state index in [4.69, 9.17) is 4.74 Å². The van der Waals surface area contributed by atoms with E-state index in [0.29, 0.717) is 29.9 Å². The minimum atomic E-state index is -0.283. The number of para-hydroxylation sites is 1. The average molecular weight is 284 g/mol. The van der Waals surface area contributed by atoms with Crippen molar-refractivity contribution in [3.8, 4) is 23.0 Å². The third-order valence-corrected chi connectivity index (χ3v) is 3.78. The summed E-state index contributed by atoms with van der Waals surface area (Å²) < 4.78 is 5.80. The van der Waals surface area contributed by atoms with E-state index in [1.165, 1.54) is 6.07 Å². The maximum absolute atomic E-state index is 11.9. The largest absolute Gasteiger partial charge is 0.507 e. The number of Topliss-reactive ketones (excluding diaryl/α,β-unsaturated/α-hetero) is 1. The first-order valence-electron chi connectivity index (χ1n) is 6.98. The average Bonchev–Trinajstić information content (AvgIpc) is 2.66. The van der Waals surface area contributed by atoms with Crippen LogP contribution in [-0.4, -0.2) is 16.0 Å². The molecule has 1 heterocycles. The molecule has 3 rings (SSSR count). The summed E-state index contributed by atoms with van der Waals surface area (Å²) in [7, 11) is 0. The number of ether oxygens (including phenoxy) is 1. The molecule has 108 valence electrons. The number of aryl methyl sites for hydroxylation is 1. The molecule has 1 aliphatic heterocycles. The summed E-state index contributed by atoms with van der Waals surface area (Å²) in [5.41, 5.74) is 1.60. The molecule has 0 bridgehead atoms. The fourth-order valence-corrected chi connectivity index (χ4v) is 2.64. The zero-order chi connectivity index (χ0) is 15.0. The number of hydrogen-bond acceptors (Lipinski definition) is 4. The number of benzene rings is 2. The summed E-state index contributed by atoms with van der Waals surface area (Å²) in [4.78, 5) is 11.9. The standard InChI is InChI=1S/C17H16O4/c1-2-12(18)16-13(19)9-15-11(17(16)20)8-7-10-5-3-4-6-14(10)21-15/h3-6,9,19-20H,2,7-8H2,1H3. The first kappa shape index (κ1) is 13.5. The Morgan fingerprint density at radius 3 is 2.71 bits per heavy atom. The second-order valence-electron chi connectivity index (χ2n) is 5.08. The number of fused-ring (bicyclic) bond motifs is 2. The van der Waals surface area contributed by atoms with E-state index in [1.807, 2.05) is 24.3 Å². The van der Waals surface area contributed by atoms with Crippen LogP contribution in [0.25, 0.3) is 0 Å². The van der Waals surface area contributed by atoms with E-state index in [-0.39, 0.29) is 29.3 Å². The molecule has 4 heteroatoms. The fourth-order valence-electron chi connectivity index (χ4n) is 2.64. The van der Waals surface area contributed by atoms with E-state index in [1.54, 1.807) is 6.92 Å². The van der Waals surface area contributed by atoms with Crippen molar-refractivity contribution >= 4 is 5.78 Å². The Kier molecular flexibility index (Phi) is 3.29. The number of phenolic OH excluding ortho intramolecular Hbond substituents is 2. The molecule has 2 N–H and O–H groups in total.